The van der Waals surface area contributed by atoms with Crippen molar-refractivity contribution in [2.45, 2.75) is 18.0 Å². The minimum absolute atomic E-state index is 0.195. The van der Waals surface area contributed by atoms with Crippen LogP contribution in [0.1, 0.15) is 5.56 Å². The molecule has 90 valence electrons. The topological polar surface area (TPSA) is 12.9 Å². The van der Waals surface area contributed by atoms with Crippen LogP contribution in [-0.4, -0.2) is 17.3 Å². The van der Waals surface area contributed by atoms with Gasteiger partial charge >= 0.3 is 18.0 Å². The molecule has 0 fully saturated rings. The van der Waals surface area contributed by atoms with Crippen LogP contribution in [0.4, 0.5) is 30.7 Å². The van der Waals surface area contributed by atoms with Crippen LogP contribution in [0.2, 0.25) is 0 Å². The maximum Gasteiger partial charge on any atom is 0.436 e. The molecule has 0 aromatic carbocycles. The third-order valence-corrected chi connectivity index (χ3v) is 1.84. The van der Waals surface area contributed by atoms with Crippen LogP contribution >= 0.6 is 0 Å². The average molecular weight is 247 g/mol. The van der Waals surface area contributed by atoms with Crippen molar-refractivity contribution in [3.63, 3.8) is 0 Å². The normalized spacial score (nSPS) is 13.9. The van der Waals surface area contributed by atoms with Gasteiger partial charge < -0.3 is 0 Å². The lowest BCUT2D eigenvalue weighted by Crippen LogP contribution is -2.50. The largest absolute Gasteiger partial charge is 0.436 e. The lowest BCUT2D eigenvalue weighted by atomic mass is 9.96. The summed E-state index contributed by atoms with van der Waals surface area (Å²) in [6, 6.07) is 1.18. The number of halogens is 7. The number of nitrogens with zero attached hydrogens (tertiary/aromatic N) is 1. The van der Waals surface area contributed by atoms with Gasteiger partial charge in [0.25, 0.3) is 0 Å². The molecule has 0 N–H and O–H groups in total. The van der Waals surface area contributed by atoms with Gasteiger partial charge in [-0.2, -0.15) is 26.3 Å². The molecule has 1 nitrogen and oxygen atoms in total. The maximum atomic E-state index is 13.2. The number of pyridine rings is 1. The lowest BCUT2D eigenvalue weighted by molar-refractivity contribution is -0.348. The van der Waals surface area contributed by atoms with Gasteiger partial charge in [-0.1, -0.05) is 6.07 Å². The smallest absolute Gasteiger partial charge is 0.264 e. The standard InChI is InChI=1S/C8H4F7N/c9-6(7(10,11)12,8(13,14)15)5-2-1-3-16-4-5/h1-4H. The molecule has 0 aliphatic heterocycles. The predicted molar refractivity (Wildman–Crippen MR) is 39.1 cm³/mol. The van der Waals surface area contributed by atoms with Crippen molar-refractivity contribution in [3.05, 3.63) is 30.1 Å². The van der Waals surface area contributed by atoms with Gasteiger partial charge in [0.1, 0.15) is 0 Å². The van der Waals surface area contributed by atoms with E-state index in [2.05, 4.69) is 4.98 Å². The van der Waals surface area contributed by atoms with Crippen molar-refractivity contribution in [2.75, 3.05) is 0 Å². The quantitative estimate of drug-likeness (QED) is 0.693. The fourth-order valence-corrected chi connectivity index (χ4v) is 1.05. The third-order valence-electron chi connectivity index (χ3n) is 1.84. The Morgan fingerprint density at radius 2 is 1.38 bits per heavy atom. The molecular formula is C8H4F7N. The van der Waals surface area contributed by atoms with Gasteiger partial charge in [0.15, 0.2) is 0 Å². The molecule has 0 aliphatic carbocycles. The van der Waals surface area contributed by atoms with Gasteiger partial charge in [0, 0.05) is 18.0 Å². The first-order valence-corrected chi connectivity index (χ1v) is 3.83. The van der Waals surface area contributed by atoms with Crippen molar-refractivity contribution in [1.29, 1.82) is 0 Å². The van der Waals surface area contributed by atoms with Crippen molar-refractivity contribution in [2.24, 2.45) is 0 Å². The predicted octanol–water partition coefficient (Wildman–Crippen LogP) is 3.37. The molecule has 0 radical (unpaired) electrons. The number of aromatic nitrogens is 1. The number of hydrogen-bond donors (Lipinski definition) is 0. The summed E-state index contributed by atoms with van der Waals surface area (Å²) in [6.45, 7) is 0. The summed E-state index contributed by atoms with van der Waals surface area (Å²) in [4.78, 5) is 3.04. The highest BCUT2D eigenvalue weighted by atomic mass is 19.4. The molecule has 0 amide bonds. The zero-order chi connectivity index (χ0) is 12.6. The Kier molecular flexibility index (Phi) is 2.86. The summed E-state index contributed by atoms with van der Waals surface area (Å²) < 4.78 is 86.2. The van der Waals surface area contributed by atoms with Gasteiger partial charge in [-0.25, -0.2) is 4.39 Å². The molecule has 1 rings (SSSR count). The zero-order valence-electron chi connectivity index (χ0n) is 7.40. The first kappa shape index (κ1) is 12.7. The van der Waals surface area contributed by atoms with Crippen LogP contribution in [0, 0.1) is 0 Å². The maximum absolute atomic E-state index is 13.2. The third kappa shape index (κ3) is 1.83. The first-order valence-electron chi connectivity index (χ1n) is 3.83. The van der Waals surface area contributed by atoms with Crippen molar-refractivity contribution < 1.29 is 30.7 Å². The first-order chi connectivity index (χ1) is 7.11. The van der Waals surface area contributed by atoms with Crippen LogP contribution in [0.15, 0.2) is 24.5 Å². The van der Waals surface area contributed by atoms with E-state index >= 15 is 0 Å². The van der Waals surface area contributed by atoms with Crippen LogP contribution < -0.4 is 0 Å². The van der Waals surface area contributed by atoms with Crippen molar-refractivity contribution in [3.8, 4) is 0 Å². The monoisotopic (exact) mass is 247 g/mol. The van der Waals surface area contributed by atoms with E-state index in [1.165, 1.54) is 0 Å². The Morgan fingerprint density at radius 3 is 1.69 bits per heavy atom. The second-order valence-electron chi connectivity index (χ2n) is 2.90. The molecule has 8 heteroatoms. The van der Waals surface area contributed by atoms with E-state index in [1.54, 1.807) is 0 Å². The SMILES string of the molecule is FC(F)(F)C(F)(c1cccnc1)C(F)(F)F. The van der Waals surface area contributed by atoms with E-state index in [1.807, 2.05) is 0 Å². The van der Waals surface area contributed by atoms with Crippen molar-refractivity contribution >= 4 is 0 Å². The summed E-state index contributed by atoms with van der Waals surface area (Å²) in [6.07, 6.45) is -11.0. The molecule has 1 aromatic heterocycles. The Morgan fingerprint density at radius 1 is 0.875 bits per heavy atom. The van der Waals surface area contributed by atoms with Crippen LogP contribution in [-0.2, 0) is 5.67 Å². The Bertz CT molecular complexity index is 339. The van der Waals surface area contributed by atoms with E-state index in [4.69, 9.17) is 0 Å². The molecule has 0 spiro atoms. The second-order valence-corrected chi connectivity index (χ2v) is 2.90. The highest BCUT2D eigenvalue weighted by Crippen LogP contribution is 2.52. The van der Waals surface area contributed by atoms with Gasteiger partial charge in [0.05, 0.1) is 0 Å². The molecule has 0 bridgehead atoms. The van der Waals surface area contributed by atoms with E-state index in [0.717, 1.165) is 12.3 Å². The number of rotatable bonds is 1. The molecule has 16 heavy (non-hydrogen) atoms. The summed E-state index contributed by atoms with van der Waals surface area (Å²) in [5.41, 5.74) is -6.98. The van der Waals surface area contributed by atoms with Gasteiger partial charge in [0.2, 0.25) is 0 Å². The summed E-state index contributed by atoms with van der Waals surface area (Å²) >= 11 is 0. The zero-order valence-corrected chi connectivity index (χ0v) is 7.40. The van der Waals surface area contributed by atoms with E-state index in [0.29, 0.717) is 6.07 Å². The van der Waals surface area contributed by atoms with Crippen molar-refractivity contribution in [1.82, 2.24) is 4.98 Å². The summed E-state index contributed by atoms with van der Waals surface area (Å²) in [5, 5.41) is 0. The minimum Gasteiger partial charge on any atom is -0.264 e. The fourth-order valence-electron chi connectivity index (χ4n) is 1.05. The van der Waals surface area contributed by atoms with Crippen LogP contribution in [0.5, 0.6) is 0 Å². The molecule has 0 unspecified atom stereocenters. The molecule has 0 atom stereocenters. The van der Waals surface area contributed by atoms with Gasteiger partial charge in [-0.3, -0.25) is 4.98 Å². The summed E-state index contributed by atoms with van der Waals surface area (Å²) in [5.74, 6) is 0. The Hall–Kier alpha value is -1.34. The molecule has 1 heterocycles. The van der Waals surface area contributed by atoms with E-state index < -0.39 is 23.6 Å². The lowest BCUT2D eigenvalue weighted by Gasteiger charge is -2.29. The second kappa shape index (κ2) is 3.60. The molecule has 0 aliphatic rings. The van der Waals surface area contributed by atoms with E-state index in [-0.39, 0.29) is 6.20 Å². The van der Waals surface area contributed by atoms with Gasteiger partial charge in [-0.15, -0.1) is 0 Å². The molecular weight excluding hydrogens is 243 g/mol. The van der Waals surface area contributed by atoms with Crippen LogP contribution in [0.25, 0.3) is 0 Å². The highest BCUT2D eigenvalue weighted by molar-refractivity contribution is 5.23. The Balaban J connectivity index is 3.39. The van der Waals surface area contributed by atoms with Crippen LogP contribution in [0.3, 0.4) is 0 Å². The van der Waals surface area contributed by atoms with E-state index in [9.17, 15) is 30.7 Å². The molecule has 1 aromatic rings. The number of hydrogen-bond acceptors (Lipinski definition) is 1. The molecule has 0 saturated carbocycles. The number of alkyl halides is 7. The van der Waals surface area contributed by atoms with Gasteiger partial charge in [-0.05, 0) is 6.07 Å². The molecule has 0 saturated heterocycles. The summed E-state index contributed by atoms with van der Waals surface area (Å²) in [7, 11) is 0. The minimum atomic E-state index is -6.09. The average Bonchev–Trinajstić information content (AvgIpc) is 2.14. The fraction of sp³-hybridized carbons (Fsp3) is 0.375. The Labute approximate surface area is 84.9 Å². The highest BCUT2D eigenvalue weighted by Gasteiger charge is 2.73.